The third kappa shape index (κ3) is 3.74. The molecule has 3 nitrogen and oxygen atoms in total. The highest BCUT2D eigenvalue weighted by molar-refractivity contribution is 7.80. The maximum atomic E-state index is 5.36. The van der Waals surface area contributed by atoms with Crippen LogP contribution >= 0.6 is 12.2 Å². The van der Waals surface area contributed by atoms with Gasteiger partial charge in [-0.15, -0.1) is 0 Å². The minimum atomic E-state index is 0.100. The van der Waals surface area contributed by atoms with Gasteiger partial charge in [-0.2, -0.15) is 0 Å². The van der Waals surface area contributed by atoms with Gasteiger partial charge in [0, 0.05) is 31.2 Å². The number of hydrogen-bond acceptors (Lipinski definition) is 2. The third-order valence-corrected chi connectivity index (χ3v) is 4.84. The summed E-state index contributed by atoms with van der Waals surface area (Å²) in [5.41, 5.74) is 3.07. The Morgan fingerprint density at radius 2 is 2.00 bits per heavy atom. The first-order chi connectivity index (χ1) is 10.0. The normalized spacial score (nSPS) is 19.0. The van der Waals surface area contributed by atoms with Crippen molar-refractivity contribution in [1.29, 1.82) is 0 Å². The molecular formula is C17H25N3S. The number of nitrogens with zero attached hydrogens (tertiary/aromatic N) is 1. The maximum absolute atomic E-state index is 5.36. The van der Waals surface area contributed by atoms with Gasteiger partial charge in [-0.1, -0.05) is 24.3 Å². The number of rotatable bonds is 4. The molecule has 1 aliphatic heterocycles. The van der Waals surface area contributed by atoms with Gasteiger partial charge in [0.1, 0.15) is 0 Å². The molecule has 1 fully saturated rings. The van der Waals surface area contributed by atoms with E-state index in [-0.39, 0.29) is 5.54 Å². The topological polar surface area (TPSA) is 27.3 Å². The number of fused-ring (bicyclic) bond motifs is 1. The van der Waals surface area contributed by atoms with E-state index < -0.39 is 0 Å². The maximum Gasteiger partial charge on any atom is 0.166 e. The van der Waals surface area contributed by atoms with Crippen LogP contribution in [0.2, 0.25) is 0 Å². The summed E-state index contributed by atoms with van der Waals surface area (Å²) in [6.07, 6.45) is 3.66. The van der Waals surface area contributed by atoms with E-state index in [1.165, 1.54) is 24.0 Å². The average molecular weight is 303 g/mol. The van der Waals surface area contributed by atoms with E-state index >= 15 is 0 Å². The Labute approximate surface area is 133 Å². The zero-order valence-corrected chi connectivity index (χ0v) is 13.8. The Hall–Kier alpha value is -1.13. The van der Waals surface area contributed by atoms with E-state index in [0.717, 1.165) is 31.2 Å². The molecule has 0 atom stereocenters. The second-order valence-corrected chi connectivity index (χ2v) is 7.26. The molecule has 1 aliphatic carbocycles. The van der Waals surface area contributed by atoms with Gasteiger partial charge < -0.3 is 10.6 Å². The first-order valence-electron chi connectivity index (χ1n) is 7.91. The molecule has 1 saturated carbocycles. The Bertz CT molecular complexity index is 523. The minimum absolute atomic E-state index is 0.100. The van der Waals surface area contributed by atoms with Gasteiger partial charge >= 0.3 is 0 Å². The van der Waals surface area contributed by atoms with E-state index in [1.54, 1.807) is 0 Å². The van der Waals surface area contributed by atoms with Crippen LogP contribution in [0.4, 0.5) is 0 Å². The van der Waals surface area contributed by atoms with E-state index in [1.807, 2.05) is 0 Å². The number of thiocarbonyl (C=S) groups is 1. The largest absolute Gasteiger partial charge is 0.361 e. The highest BCUT2D eigenvalue weighted by Gasteiger charge is 2.30. The first kappa shape index (κ1) is 14.8. The van der Waals surface area contributed by atoms with Crippen molar-refractivity contribution < 1.29 is 0 Å². The van der Waals surface area contributed by atoms with Crippen LogP contribution in [0, 0.1) is 0 Å². The van der Waals surface area contributed by atoms with Crippen molar-refractivity contribution in [1.82, 2.24) is 15.5 Å². The molecule has 0 amide bonds. The van der Waals surface area contributed by atoms with Crippen LogP contribution in [0.3, 0.4) is 0 Å². The summed E-state index contributed by atoms with van der Waals surface area (Å²) >= 11 is 5.36. The van der Waals surface area contributed by atoms with Crippen LogP contribution in [-0.2, 0) is 13.0 Å². The molecule has 2 aliphatic rings. The van der Waals surface area contributed by atoms with Crippen molar-refractivity contribution >= 4 is 17.3 Å². The molecule has 0 spiro atoms. The van der Waals surface area contributed by atoms with Crippen molar-refractivity contribution in [3.05, 3.63) is 35.4 Å². The molecule has 3 rings (SSSR count). The van der Waals surface area contributed by atoms with Crippen LogP contribution in [0.15, 0.2) is 24.3 Å². The van der Waals surface area contributed by atoms with Crippen LogP contribution in [0.1, 0.15) is 37.8 Å². The van der Waals surface area contributed by atoms with Crippen molar-refractivity contribution in [3.8, 4) is 0 Å². The summed E-state index contributed by atoms with van der Waals surface area (Å²) in [5, 5.41) is 7.55. The van der Waals surface area contributed by atoms with Gasteiger partial charge in [-0.05, 0) is 56.5 Å². The lowest BCUT2D eigenvalue weighted by Crippen LogP contribution is -2.54. The van der Waals surface area contributed by atoms with Crippen LogP contribution < -0.4 is 10.6 Å². The second-order valence-electron chi connectivity index (χ2n) is 6.85. The first-order valence-corrected chi connectivity index (χ1v) is 8.32. The number of nitrogens with one attached hydrogen (secondary N) is 2. The Balaban J connectivity index is 1.56. The average Bonchev–Trinajstić information content (AvgIpc) is 3.29. The van der Waals surface area contributed by atoms with Gasteiger partial charge in [0.25, 0.3) is 0 Å². The summed E-state index contributed by atoms with van der Waals surface area (Å²) in [6.45, 7) is 7.64. The highest BCUT2D eigenvalue weighted by Crippen LogP contribution is 2.25. The van der Waals surface area contributed by atoms with E-state index in [9.17, 15) is 0 Å². The minimum Gasteiger partial charge on any atom is -0.361 e. The highest BCUT2D eigenvalue weighted by atomic mass is 32.1. The van der Waals surface area contributed by atoms with Crippen LogP contribution in [-0.4, -0.2) is 34.7 Å². The molecule has 1 aromatic carbocycles. The molecule has 0 unspecified atom stereocenters. The summed E-state index contributed by atoms with van der Waals surface area (Å²) in [7, 11) is 0. The Morgan fingerprint density at radius 1 is 1.29 bits per heavy atom. The summed E-state index contributed by atoms with van der Waals surface area (Å²) in [5.74, 6) is 0. The molecule has 2 N–H and O–H groups in total. The van der Waals surface area contributed by atoms with E-state index in [2.05, 4.69) is 53.6 Å². The molecule has 21 heavy (non-hydrogen) atoms. The van der Waals surface area contributed by atoms with E-state index in [0.29, 0.717) is 6.04 Å². The van der Waals surface area contributed by atoms with Gasteiger partial charge in [-0.3, -0.25) is 4.90 Å². The number of hydrogen-bond donors (Lipinski definition) is 2. The van der Waals surface area contributed by atoms with Crippen molar-refractivity contribution in [2.24, 2.45) is 0 Å². The summed E-state index contributed by atoms with van der Waals surface area (Å²) in [6, 6.07) is 9.41. The molecule has 0 radical (unpaired) electrons. The molecule has 0 bridgehead atoms. The van der Waals surface area contributed by atoms with Gasteiger partial charge in [0.05, 0.1) is 0 Å². The van der Waals surface area contributed by atoms with Gasteiger partial charge in [0.15, 0.2) is 5.11 Å². The lowest BCUT2D eigenvalue weighted by molar-refractivity contribution is 0.107. The smallest absolute Gasteiger partial charge is 0.166 e. The van der Waals surface area contributed by atoms with Crippen LogP contribution in [0.25, 0.3) is 0 Å². The van der Waals surface area contributed by atoms with E-state index in [4.69, 9.17) is 12.2 Å². The number of benzene rings is 1. The predicted molar refractivity (Wildman–Crippen MR) is 91.4 cm³/mol. The molecule has 4 heteroatoms. The van der Waals surface area contributed by atoms with Gasteiger partial charge in [0.2, 0.25) is 0 Å². The Kier molecular flexibility index (Phi) is 4.18. The van der Waals surface area contributed by atoms with Crippen LogP contribution in [0.5, 0.6) is 0 Å². The summed E-state index contributed by atoms with van der Waals surface area (Å²) in [4.78, 5) is 2.56. The fourth-order valence-corrected chi connectivity index (χ4v) is 3.12. The molecular weight excluding hydrogens is 278 g/mol. The fourth-order valence-electron chi connectivity index (χ4n) is 2.88. The zero-order chi connectivity index (χ0) is 14.9. The predicted octanol–water partition coefficient (Wildman–Crippen LogP) is 2.45. The monoisotopic (exact) mass is 303 g/mol. The Morgan fingerprint density at radius 3 is 2.71 bits per heavy atom. The van der Waals surface area contributed by atoms with Crippen molar-refractivity contribution in [3.63, 3.8) is 0 Å². The van der Waals surface area contributed by atoms with Gasteiger partial charge in [-0.25, -0.2) is 0 Å². The molecule has 0 aromatic heterocycles. The molecule has 0 saturated heterocycles. The fraction of sp³-hybridized carbons (Fsp3) is 0.588. The van der Waals surface area contributed by atoms with Crippen molar-refractivity contribution in [2.75, 3.05) is 13.1 Å². The third-order valence-electron chi connectivity index (χ3n) is 4.58. The molecule has 1 heterocycles. The lowest BCUT2D eigenvalue weighted by atomic mass is 9.94. The quantitative estimate of drug-likeness (QED) is 0.836. The summed E-state index contributed by atoms with van der Waals surface area (Å²) < 4.78 is 0. The standard InChI is InChI=1S/C17H25N3S/c1-17(2,12-18-16(21)19-15-7-8-15)20-10-9-13-5-3-4-6-14(13)11-20/h3-6,15H,7-12H2,1-2H3,(H2,18,19,21). The lowest BCUT2D eigenvalue weighted by Gasteiger charge is -2.42. The molecule has 1 aromatic rings. The molecule has 114 valence electrons. The van der Waals surface area contributed by atoms with Crippen molar-refractivity contribution in [2.45, 2.75) is 51.2 Å². The zero-order valence-electron chi connectivity index (χ0n) is 13.0. The SMILES string of the molecule is CC(C)(CNC(=S)NC1CC1)N1CCc2ccccc2C1. The second kappa shape index (κ2) is 5.93.